The Balaban J connectivity index is 2.00. The Morgan fingerprint density at radius 1 is 1.20 bits per heavy atom. The van der Waals surface area contributed by atoms with Crippen molar-refractivity contribution in [2.45, 2.75) is 0 Å². The number of rotatable bonds is 4. The van der Waals surface area contributed by atoms with Gasteiger partial charge in [0.05, 0.1) is 15.9 Å². The summed E-state index contributed by atoms with van der Waals surface area (Å²) in [7, 11) is 1.58. The second-order valence-electron chi connectivity index (χ2n) is 4.29. The zero-order chi connectivity index (χ0) is 13.9. The molecule has 1 heterocycles. The smallest absolute Gasteiger partial charge is 0.188 e. The Bertz CT molecular complexity index is 707. The van der Waals surface area contributed by atoms with E-state index in [1.807, 2.05) is 36.4 Å². The van der Waals surface area contributed by atoms with Crippen LogP contribution in [0.15, 0.2) is 42.5 Å². The molecule has 2 N–H and O–H groups in total. The number of aromatic nitrogens is 1. The van der Waals surface area contributed by atoms with Crippen molar-refractivity contribution >= 4 is 27.2 Å². The Morgan fingerprint density at radius 3 is 2.85 bits per heavy atom. The largest absolute Gasteiger partial charge is 0.465 e. The standard InChI is InChI=1S/C15H14N2O2S/c1-18-9-19-13-8-10(6-7-11(13)16)15-17-12-4-2-3-5-14(12)20-15/h2-8H,9,16H2,1H3. The van der Waals surface area contributed by atoms with Crippen LogP contribution < -0.4 is 10.5 Å². The van der Waals surface area contributed by atoms with Crippen LogP contribution in [-0.2, 0) is 4.74 Å². The maximum Gasteiger partial charge on any atom is 0.188 e. The third kappa shape index (κ3) is 2.45. The second kappa shape index (κ2) is 5.48. The molecule has 0 amide bonds. The number of nitrogens with two attached hydrogens (primary N) is 1. The van der Waals surface area contributed by atoms with Crippen LogP contribution in [0.2, 0.25) is 0 Å². The monoisotopic (exact) mass is 286 g/mol. The molecule has 3 aromatic rings. The highest BCUT2D eigenvalue weighted by atomic mass is 32.1. The van der Waals surface area contributed by atoms with Crippen LogP contribution in [0, 0.1) is 0 Å². The van der Waals surface area contributed by atoms with E-state index in [0.29, 0.717) is 11.4 Å². The fraction of sp³-hybridized carbons (Fsp3) is 0.133. The van der Waals surface area contributed by atoms with Gasteiger partial charge in [-0.3, -0.25) is 0 Å². The first kappa shape index (κ1) is 12.9. The topological polar surface area (TPSA) is 57.4 Å². The number of hydrogen-bond acceptors (Lipinski definition) is 5. The molecule has 0 aliphatic rings. The van der Waals surface area contributed by atoms with Crippen LogP contribution in [0.25, 0.3) is 20.8 Å². The molecule has 4 nitrogen and oxygen atoms in total. The highest BCUT2D eigenvalue weighted by molar-refractivity contribution is 7.21. The molecule has 102 valence electrons. The summed E-state index contributed by atoms with van der Waals surface area (Å²) in [6.45, 7) is 0.174. The van der Waals surface area contributed by atoms with Crippen molar-refractivity contribution in [3.63, 3.8) is 0 Å². The molecule has 0 spiro atoms. The highest BCUT2D eigenvalue weighted by Crippen LogP contribution is 2.33. The Kier molecular flexibility index (Phi) is 3.54. The van der Waals surface area contributed by atoms with Crippen LogP contribution in [-0.4, -0.2) is 18.9 Å². The zero-order valence-corrected chi connectivity index (χ0v) is 11.8. The van der Waals surface area contributed by atoms with Gasteiger partial charge in [0, 0.05) is 12.7 Å². The minimum absolute atomic E-state index is 0.174. The third-order valence-electron chi connectivity index (χ3n) is 2.89. The van der Waals surface area contributed by atoms with Crippen LogP contribution in [0.1, 0.15) is 0 Å². The SMILES string of the molecule is COCOc1cc(-c2nc3ccccc3s2)ccc1N. The Hall–Kier alpha value is -2.11. The van der Waals surface area contributed by atoms with Crippen molar-refractivity contribution in [2.75, 3.05) is 19.6 Å². The number of thiazole rings is 1. The number of methoxy groups -OCH3 is 1. The fourth-order valence-electron chi connectivity index (χ4n) is 1.91. The van der Waals surface area contributed by atoms with E-state index in [2.05, 4.69) is 11.1 Å². The van der Waals surface area contributed by atoms with Gasteiger partial charge in [0.25, 0.3) is 0 Å². The molecular weight excluding hydrogens is 272 g/mol. The molecule has 3 rings (SSSR count). The van der Waals surface area contributed by atoms with E-state index >= 15 is 0 Å². The molecule has 5 heteroatoms. The predicted octanol–water partition coefficient (Wildman–Crippen LogP) is 3.53. The van der Waals surface area contributed by atoms with E-state index in [1.165, 1.54) is 4.70 Å². The summed E-state index contributed by atoms with van der Waals surface area (Å²) in [6.07, 6.45) is 0. The molecule has 0 saturated heterocycles. The normalized spacial score (nSPS) is 10.8. The van der Waals surface area contributed by atoms with Gasteiger partial charge in [0.1, 0.15) is 10.8 Å². The van der Waals surface area contributed by atoms with Gasteiger partial charge in [-0.2, -0.15) is 0 Å². The first-order valence-corrected chi connectivity index (χ1v) is 6.97. The van der Waals surface area contributed by atoms with E-state index in [9.17, 15) is 0 Å². The van der Waals surface area contributed by atoms with E-state index in [0.717, 1.165) is 16.1 Å². The van der Waals surface area contributed by atoms with Gasteiger partial charge >= 0.3 is 0 Å². The maximum atomic E-state index is 5.89. The zero-order valence-electron chi connectivity index (χ0n) is 11.0. The molecule has 0 radical (unpaired) electrons. The molecule has 0 saturated carbocycles. The van der Waals surface area contributed by atoms with Crippen LogP contribution >= 0.6 is 11.3 Å². The molecule has 0 bridgehead atoms. The summed E-state index contributed by atoms with van der Waals surface area (Å²) in [4.78, 5) is 4.62. The predicted molar refractivity (Wildman–Crippen MR) is 82.0 cm³/mol. The van der Waals surface area contributed by atoms with Crippen LogP contribution in [0.5, 0.6) is 5.75 Å². The van der Waals surface area contributed by atoms with Crippen LogP contribution in [0.3, 0.4) is 0 Å². The summed E-state index contributed by atoms with van der Waals surface area (Å²) in [5.41, 5.74) is 8.47. The molecule has 0 fully saturated rings. The van der Waals surface area contributed by atoms with Gasteiger partial charge in [0.2, 0.25) is 0 Å². The summed E-state index contributed by atoms with van der Waals surface area (Å²) < 4.78 is 11.5. The van der Waals surface area contributed by atoms with E-state index < -0.39 is 0 Å². The van der Waals surface area contributed by atoms with Crippen molar-refractivity contribution in [2.24, 2.45) is 0 Å². The first-order chi connectivity index (χ1) is 9.78. The van der Waals surface area contributed by atoms with Crippen molar-refractivity contribution in [3.8, 4) is 16.3 Å². The van der Waals surface area contributed by atoms with Gasteiger partial charge in [-0.25, -0.2) is 4.98 Å². The van der Waals surface area contributed by atoms with Gasteiger partial charge in [0.15, 0.2) is 6.79 Å². The fourth-order valence-corrected chi connectivity index (χ4v) is 2.87. The number of anilines is 1. The van der Waals surface area contributed by atoms with Crippen molar-refractivity contribution in [1.29, 1.82) is 0 Å². The highest BCUT2D eigenvalue weighted by Gasteiger charge is 2.09. The number of nitrogen functional groups attached to an aromatic ring is 1. The Morgan fingerprint density at radius 2 is 2.05 bits per heavy atom. The lowest BCUT2D eigenvalue weighted by Crippen LogP contribution is -2.01. The number of ether oxygens (including phenoxy) is 2. The molecule has 0 aliphatic heterocycles. The first-order valence-electron chi connectivity index (χ1n) is 6.15. The number of benzene rings is 2. The molecular formula is C15H14N2O2S. The number of fused-ring (bicyclic) bond motifs is 1. The van der Waals surface area contributed by atoms with Crippen molar-refractivity contribution in [3.05, 3.63) is 42.5 Å². The summed E-state index contributed by atoms with van der Waals surface area (Å²) in [6, 6.07) is 13.7. The van der Waals surface area contributed by atoms with Crippen molar-refractivity contribution < 1.29 is 9.47 Å². The number of nitrogens with zero attached hydrogens (tertiary/aromatic N) is 1. The van der Waals surface area contributed by atoms with E-state index in [4.69, 9.17) is 15.2 Å². The third-order valence-corrected chi connectivity index (χ3v) is 3.97. The summed E-state index contributed by atoms with van der Waals surface area (Å²) in [5.74, 6) is 0.614. The van der Waals surface area contributed by atoms with E-state index in [-0.39, 0.29) is 6.79 Å². The quantitative estimate of drug-likeness (QED) is 0.589. The average Bonchev–Trinajstić information content (AvgIpc) is 2.90. The van der Waals surface area contributed by atoms with Gasteiger partial charge in [-0.15, -0.1) is 11.3 Å². The van der Waals surface area contributed by atoms with Gasteiger partial charge < -0.3 is 15.2 Å². The Labute approximate surface area is 120 Å². The minimum atomic E-state index is 0.174. The minimum Gasteiger partial charge on any atom is -0.465 e. The number of hydrogen-bond donors (Lipinski definition) is 1. The molecule has 2 aromatic carbocycles. The molecule has 0 atom stereocenters. The summed E-state index contributed by atoms with van der Waals surface area (Å²) >= 11 is 1.65. The molecule has 0 aliphatic carbocycles. The number of para-hydroxylation sites is 1. The lowest BCUT2D eigenvalue weighted by molar-refractivity contribution is 0.0517. The lowest BCUT2D eigenvalue weighted by Gasteiger charge is -2.08. The van der Waals surface area contributed by atoms with Gasteiger partial charge in [-0.1, -0.05) is 12.1 Å². The lowest BCUT2D eigenvalue weighted by atomic mass is 10.2. The molecule has 0 unspecified atom stereocenters. The molecule has 20 heavy (non-hydrogen) atoms. The van der Waals surface area contributed by atoms with Crippen LogP contribution in [0.4, 0.5) is 5.69 Å². The average molecular weight is 286 g/mol. The molecule has 1 aromatic heterocycles. The second-order valence-corrected chi connectivity index (χ2v) is 5.32. The summed E-state index contributed by atoms with van der Waals surface area (Å²) in [5, 5.41) is 0.952. The van der Waals surface area contributed by atoms with Crippen molar-refractivity contribution in [1.82, 2.24) is 4.98 Å². The van der Waals surface area contributed by atoms with Gasteiger partial charge in [-0.05, 0) is 30.3 Å². The van der Waals surface area contributed by atoms with E-state index in [1.54, 1.807) is 18.4 Å². The maximum absolute atomic E-state index is 5.89.